The Labute approximate surface area is 147 Å². The molecule has 0 heterocycles. The molecule has 1 rings (SSSR count). The Kier molecular flexibility index (Phi) is 9.09. The minimum Gasteiger partial charge on any atom is -0.509 e. The first kappa shape index (κ1) is 20.7. The molecular formula is C21H34O3. The summed E-state index contributed by atoms with van der Waals surface area (Å²) < 4.78 is 0. The van der Waals surface area contributed by atoms with Gasteiger partial charge < -0.3 is 15.3 Å². The third-order valence-corrected chi connectivity index (χ3v) is 4.50. The average molecular weight is 334 g/mol. The lowest BCUT2D eigenvalue weighted by atomic mass is 9.88. The molecular weight excluding hydrogens is 300 g/mol. The molecule has 0 spiro atoms. The minimum absolute atomic E-state index is 0.0650. The quantitative estimate of drug-likeness (QED) is 0.405. The van der Waals surface area contributed by atoms with Crippen LogP contribution in [0.2, 0.25) is 0 Å². The van der Waals surface area contributed by atoms with Crippen molar-refractivity contribution in [1.82, 2.24) is 0 Å². The summed E-state index contributed by atoms with van der Waals surface area (Å²) in [4.78, 5) is 0. The van der Waals surface area contributed by atoms with Crippen LogP contribution in [0.3, 0.4) is 0 Å². The molecule has 1 aliphatic rings. The fraction of sp³-hybridized carbons (Fsp3) is 0.619. The highest BCUT2D eigenvalue weighted by atomic mass is 16.3. The number of hydrogen-bond acceptors (Lipinski definition) is 3. The lowest BCUT2D eigenvalue weighted by molar-refractivity contribution is 0.152. The van der Waals surface area contributed by atoms with Crippen molar-refractivity contribution in [3.63, 3.8) is 0 Å². The van der Waals surface area contributed by atoms with Crippen molar-refractivity contribution in [2.45, 2.75) is 84.8 Å². The largest absolute Gasteiger partial charge is 0.509 e. The van der Waals surface area contributed by atoms with Crippen molar-refractivity contribution in [3.8, 4) is 0 Å². The van der Waals surface area contributed by atoms with Crippen molar-refractivity contribution in [1.29, 1.82) is 0 Å². The van der Waals surface area contributed by atoms with Gasteiger partial charge in [-0.05, 0) is 64.5 Å². The monoisotopic (exact) mass is 334 g/mol. The predicted octanol–water partition coefficient (Wildman–Crippen LogP) is 5.12. The van der Waals surface area contributed by atoms with E-state index in [9.17, 15) is 15.3 Å². The first-order valence-corrected chi connectivity index (χ1v) is 9.14. The number of rotatable bonds is 9. The molecule has 0 amide bonds. The molecule has 0 aromatic heterocycles. The van der Waals surface area contributed by atoms with Crippen LogP contribution in [0.15, 0.2) is 46.3 Å². The fourth-order valence-electron chi connectivity index (χ4n) is 2.90. The fourth-order valence-corrected chi connectivity index (χ4v) is 2.90. The van der Waals surface area contributed by atoms with Gasteiger partial charge in [-0.1, -0.05) is 43.1 Å². The molecule has 0 fully saturated rings. The Balaban J connectivity index is 2.66. The lowest BCUT2D eigenvalue weighted by Gasteiger charge is -2.26. The van der Waals surface area contributed by atoms with E-state index >= 15 is 0 Å². The maximum absolute atomic E-state index is 10.3. The van der Waals surface area contributed by atoms with E-state index in [1.807, 2.05) is 6.08 Å². The van der Waals surface area contributed by atoms with Crippen LogP contribution in [0.5, 0.6) is 0 Å². The summed E-state index contributed by atoms with van der Waals surface area (Å²) in [5.74, 6) is -0.0650. The highest BCUT2D eigenvalue weighted by Gasteiger charge is 2.27. The molecule has 136 valence electrons. The van der Waals surface area contributed by atoms with Crippen molar-refractivity contribution in [2.75, 3.05) is 0 Å². The van der Waals surface area contributed by atoms with Crippen LogP contribution in [0, 0.1) is 0 Å². The van der Waals surface area contributed by atoms with Gasteiger partial charge in [-0.2, -0.15) is 0 Å². The Hall–Kier alpha value is -1.32. The summed E-state index contributed by atoms with van der Waals surface area (Å²) >= 11 is 0. The third-order valence-electron chi connectivity index (χ3n) is 4.50. The van der Waals surface area contributed by atoms with Gasteiger partial charge in [-0.3, -0.25) is 0 Å². The predicted molar refractivity (Wildman–Crippen MR) is 101 cm³/mol. The van der Waals surface area contributed by atoms with Gasteiger partial charge in [0.05, 0.1) is 6.10 Å². The van der Waals surface area contributed by atoms with E-state index in [1.165, 1.54) is 11.1 Å². The molecule has 0 aromatic rings. The Bertz CT molecular complexity index is 519. The van der Waals surface area contributed by atoms with Crippen LogP contribution in [0.1, 0.15) is 72.6 Å². The second-order valence-electron chi connectivity index (χ2n) is 7.03. The summed E-state index contributed by atoms with van der Waals surface area (Å²) in [7, 11) is 0. The van der Waals surface area contributed by atoms with Gasteiger partial charge in [-0.25, -0.2) is 0 Å². The normalized spacial score (nSPS) is 21.8. The van der Waals surface area contributed by atoms with E-state index in [2.05, 4.69) is 33.8 Å². The molecule has 3 N–H and O–H groups in total. The number of aliphatic hydroxyl groups excluding tert-OH is 3. The SMILES string of the molecule is CCCCCC1=CC(O)C(C/C=C(\C)CCC=C(C)C)=C(O)C1O. The van der Waals surface area contributed by atoms with Crippen LogP contribution >= 0.6 is 0 Å². The molecule has 0 bridgehead atoms. The molecule has 3 heteroatoms. The number of allylic oxidation sites excluding steroid dienone is 4. The van der Waals surface area contributed by atoms with E-state index in [0.717, 1.165) is 44.1 Å². The second kappa shape index (κ2) is 10.5. The maximum atomic E-state index is 10.3. The maximum Gasteiger partial charge on any atom is 0.132 e. The molecule has 0 radical (unpaired) electrons. The highest BCUT2D eigenvalue weighted by Crippen LogP contribution is 2.29. The first-order chi connectivity index (χ1) is 11.4. The van der Waals surface area contributed by atoms with E-state index in [-0.39, 0.29) is 5.76 Å². The Morgan fingerprint density at radius 1 is 1.12 bits per heavy atom. The summed E-state index contributed by atoms with van der Waals surface area (Å²) in [5.41, 5.74) is 3.80. The summed E-state index contributed by atoms with van der Waals surface area (Å²) in [6, 6.07) is 0. The number of unbranched alkanes of at least 4 members (excludes halogenated alkanes) is 2. The zero-order chi connectivity index (χ0) is 18.1. The van der Waals surface area contributed by atoms with Crippen molar-refractivity contribution >= 4 is 0 Å². The van der Waals surface area contributed by atoms with E-state index in [1.54, 1.807) is 6.08 Å². The third kappa shape index (κ3) is 6.66. The molecule has 0 saturated heterocycles. The Morgan fingerprint density at radius 3 is 2.46 bits per heavy atom. The molecule has 24 heavy (non-hydrogen) atoms. The van der Waals surface area contributed by atoms with Gasteiger partial charge in [0.25, 0.3) is 0 Å². The van der Waals surface area contributed by atoms with E-state index in [4.69, 9.17) is 0 Å². The van der Waals surface area contributed by atoms with Crippen LogP contribution < -0.4 is 0 Å². The topological polar surface area (TPSA) is 60.7 Å². The number of hydrogen-bond donors (Lipinski definition) is 3. The number of aliphatic hydroxyl groups is 3. The van der Waals surface area contributed by atoms with Crippen LogP contribution in [-0.2, 0) is 0 Å². The van der Waals surface area contributed by atoms with Crippen LogP contribution in [0.25, 0.3) is 0 Å². The Morgan fingerprint density at radius 2 is 1.83 bits per heavy atom. The second-order valence-corrected chi connectivity index (χ2v) is 7.03. The average Bonchev–Trinajstić information content (AvgIpc) is 2.51. The van der Waals surface area contributed by atoms with Gasteiger partial charge in [0.1, 0.15) is 11.9 Å². The summed E-state index contributed by atoms with van der Waals surface area (Å²) in [6.45, 7) is 8.37. The van der Waals surface area contributed by atoms with Crippen LogP contribution in [-0.4, -0.2) is 27.5 Å². The van der Waals surface area contributed by atoms with Gasteiger partial charge in [-0.15, -0.1) is 0 Å². The van der Waals surface area contributed by atoms with Gasteiger partial charge in [0.15, 0.2) is 0 Å². The zero-order valence-electron chi connectivity index (χ0n) is 15.7. The molecule has 0 aromatic carbocycles. The van der Waals surface area contributed by atoms with Crippen LogP contribution in [0.4, 0.5) is 0 Å². The molecule has 1 aliphatic carbocycles. The molecule has 3 nitrogen and oxygen atoms in total. The molecule has 0 aliphatic heterocycles. The zero-order valence-corrected chi connectivity index (χ0v) is 15.7. The lowest BCUT2D eigenvalue weighted by Crippen LogP contribution is -2.26. The van der Waals surface area contributed by atoms with Gasteiger partial charge >= 0.3 is 0 Å². The highest BCUT2D eigenvalue weighted by molar-refractivity contribution is 5.36. The van der Waals surface area contributed by atoms with Crippen molar-refractivity contribution in [3.05, 3.63) is 46.3 Å². The van der Waals surface area contributed by atoms with E-state index < -0.39 is 12.2 Å². The van der Waals surface area contributed by atoms with Crippen molar-refractivity contribution in [2.24, 2.45) is 0 Å². The van der Waals surface area contributed by atoms with Crippen molar-refractivity contribution < 1.29 is 15.3 Å². The molecule has 2 atom stereocenters. The van der Waals surface area contributed by atoms with Gasteiger partial charge in [0.2, 0.25) is 0 Å². The first-order valence-electron chi connectivity index (χ1n) is 9.14. The minimum atomic E-state index is -0.959. The summed E-state index contributed by atoms with van der Waals surface area (Å²) in [6.07, 6.45) is 10.5. The smallest absolute Gasteiger partial charge is 0.132 e. The summed E-state index contributed by atoms with van der Waals surface area (Å²) in [5, 5.41) is 30.9. The molecule has 2 unspecified atom stereocenters. The van der Waals surface area contributed by atoms with Gasteiger partial charge in [0, 0.05) is 5.57 Å². The standard InChI is InChI=1S/C21H34O3/c1-5-6-7-11-17-14-19(22)18(21(24)20(17)23)13-12-16(4)10-8-9-15(2)3/h9,12,14,19-20,22-24H,5-8,10-11,13H2,1-4H3/b16-12+. The van der Waals surface area contributed by atoms with E-state index in [0.29, 0.717) is 12.0 Å². The molecule has 0 saturated carbocycles.